The fourth-order valence-corrected chi connectivity index (χ4v) is 3.46. The van der Waals surface area contributed by atoms with E-state index in [1.54, 1.807) is 28.4 Å². The van der Waals surface area contributed by atoms with E-state index in [1.807, 2.05) is 54.6 Å². The van der Waals surface area contributed by atoms with Crippen LogP contribution in [0.25, 0.3) is 0 Å². The Morgan fingerprint density at radius 2 is 1.42 bits per heavy atom. The topological polar surface area (TPSA) is 46.2 Å². The summed E-state index contributed by atoms with van der Waals surface area (Å²) in [4.78, 5) is 0. The summed E-state index contributed by atoms with van der Waals surface area (Å²) in [6.45, 7) is 0. The Bertz CT molecular complexity index is 683. The Balaban J connectivity index is 2.31. The van der Waals surface area contributed by atoms with Crippen LogP contribution >= 0.6 is 0 Å². The summed E-state index contributed by atoms with van der Waals surface area (Å²) in [6.07, 6.45) is -0.544. The van der Waals surface area contributed by atoms with Crippen molar-refractivity contribution in [3.8, 4) is 5.75 Å². The normalized spacial score (nSPS) is 24.9. The van der Waals surface area contributed by atoms with Gasteiger partial charge in [0.2, 0.25) is 0 Å². The van der Waals surface area contributed by atoms with E-state index in [-0.39, 0.29) is 0 Å². The second kappa shape index (κ2) is 6.53. The maximum Gasteiger partial charge on any atom is 0.295 e. The molecule has 2 aromatic rings. The maximum absolute atomic E-state index is 6.33. The number of fused-ring (bicyclic) bond motifs is 1. The van der Waals surface area contributed by atoms with Crippen molar-refractivity contribution in [1.82, 2.24) is 0 Å². The molecule has 1 aliphatic rings. The van der Waals surface area contributed by atoms with Crippen LogP contribution in [0.1, 0.15) is 17.2 Å². The van der Waals surface area contributed by atoms with E-state index in [4.69, 9.17) is 23.7 Å². The molecule has 0 aromatic heterocycles. The van der Waals surface area contributed by atoms with E-state index in [0.717, 1.165) is 11.1 Å². The lowest BCUT2D eigenvalue weighted by Crippen LogP contribution is -2.64. The molecule has 0 unspecified atom stereocenters. The standard InChI is InChI=1S/C19H22O5/c1-20-17-15-12-8-9-13-16(15)24-18(21-2,19(17,22-3)23-4)14-10-6-5-7-11-14/h5-13,17H,1-4H3/t17-,18+/m1/s1. The summed E-state index contributed by atoms with van der Waals surface area (Å²) in [5, 5.41) is 0. The summed E-state index contributed by atoms with van der Waals surface area (Å²) < 4.78 is 29.7. The number of benzene rings is 2. The SMILES string of the molecule is CO[C@@H]1c2ccccc2O[C@@](OC)(c2ccccc2)C1(OC)OC. The van der Waals surface area contributed by atoms with Crippen molar-refractivity contribution in [2.75, 3.05) is 28.4 Å². The van der Waals surface area contributed by atoms with Gasteiger partial charge in [0, 0.05) is 39.6 Å². The molecule has 0 saturated heterocycles. The molecule has 0 spiro atoms. The third-order valence-electron chi connectivity index (χ3n) is 4.54. The van der Waals surface area contributed by atoms with Gasteiger partial charge in [0.25, 0.3) is 11.6 Å². The molecule has 0 bridgehead atoms. The van der Waals surface area contributed by atoms with Crippen molar-refractivity contribution in [1.29, 1.82) is 0 Å². The zero-order valence-electron chi connectivity index (χ0n) is 14.3. The number of methoxy groups -OCH3 is 4. The molecular formula is C19H22O5. The highest BCUT2D eigenvalue weighted by Gasteiger charge is 2.66. The van der Waals surface area contributed by atoms with Gasteiger partial charge in [-0.05, 0) is 6.07 Å². The van der Waals surface area contributed by atoms with Gasteiger partial charge in [0.1, 0.15) is 11.9 Å². The summed E-state index contributed by atoms with van der Waals surface area (Å²) in [5.74, 6) is -1.99. The van der Waals surface area contributed by atoms with E-state index in [1.165, 1.54) is 0 Å². The first-order chi connectivity index (χ1) is 11.7. The van der Waals surface area contributed by atoms with Crippen molar-refractivity contribution >= 4 is 0 Å². The van der Waals surface area contributed by atoms with Crippen LogP contribution in [0.2, 0.25) is 0 Å². The van der Waals surface area contributed by atoms with Crippen LogP contribution in [0.15, 0.2) is 54.6 Å². The fraction of sp³-hybridized carbons (Fsp3) is 0.368. The maximum atomic E-state index is 6.33. The van der Waals surface area contributed by atoms with Gasteiger partial charge >= 0.3 is 0 Å². The average molecular weight is 330 g/mol. The van der Waals surface area contributed by atoms with Crippen LogP contribution < -0.4 is 4.74 Å². The quantitative estimate of drug-likeness (QED) is 0.788. The molecule has 2 aromatic carbocycles. The van der Waals surface area contributed by atoms with Crippen molar-refractivity contribution in [3.63, 3.8) is 0 Å². The summed E-state index contributed by atoms with van der Waals surface area (Å²) in [5.41, 5.74) is 1.61. The third kappa shape index (κ3) is 2.17. The molecule has 0 fully saturated rings. The minimum atomic E-state index is -1.33. The first-order valence-corrected chi connectivity index (χ1v) is 7.70. The van der Waals surface area contributed by atoms with Crippen LogP contribution in [0.3, 0.4) is 0 Å². The Hall–Kier alpha value is -1.92. The molecule has 5 heteroatoms. The van der Waals surface area contributed by atoms with Crippen molar-refractivity contribution in [2.24, 2.45) is 0 Å². The van der Waals surface area contributed by atoms with Gasteiger partial charge in [-0.15, -0.1) is 0 Å². The molecular weight excluding hydrogens is 308 g/mol. The lowest BCUT2D eigenvalue weighted by molar-refractivity contribution is -0.416. The van der Waals surface area contributed by atoms with Gasteiger partial charge in [-0.1, -0.05) is 48.5 Å². The largest absolute Gasteiger partial charge is 0.452 e. The Morgan fingerprint density at radius 3 is 2.00 bits per heavy atom. The zero-order chi connectivity index (χ0) is 17.2. The Kier molecular flexibility index (Phi) is 4.60. The van der Waals surface area contributed by atoms with Crippen LogP contribution in [0.4, 0.5) is 0 Å². The zero-order valence-corrected chi connectivity index (χ0v) is 14.3. The molecule has 0 N–H and O–H groups in total. The number of hydrogen-bond donors (Lipinski definition) is 0. The number of hydrogen-bond acceptors (Lipinski definition) is 5. The summed E-state index contributed by atoms with van der Waals surface area (Å²) in [7, 11) is 6.30. The molecule has 1 aliphatic heterocycles. The minimum Gasteiger partial charge on any atom is -0.452 e. The fourth-order valence-electron chi connectivity index (χ4n) is 3.46. The lowest BCUT2D eigenvalue weighted by atomic mass is 9.85. The number of ether oxygens (including phenoxy) is 5. The Labute approximate surface area is 142 Å². The molecule has 0 radical (unpaired) electrons. The van der Waals surface area contributed by atoms with E-state index in [0.29, 0.717) is 5.75 Å². The predicted octanol–water partition coefficient (Wildman–Crippen LogP) is 3.26. The number of para-hydroxylation sites is 1. The van der Waals surface area contributed by atoms with Gasteiger partial charge in [-0.2, -0.15) is 0 Å². The van der Waals surface area contributed by atoms with E-state index in [9.17, 15) is 0 Å². The number of rotatable bonds is 5. The first kappa shape index (κ1) is 16.9. The van der Waals surface area contributed by atoms with Gasteiger partial charge in [-0.25, -0.2) is 0 Å². The molecule has 0 amide bonds. The highest BCUT2D eigenvalue weighted by atomic mass is 16.8. The highest BCUT2D eigenvalue weighted by Crippen LogP contribution is 2.54. The summed E-state index contributed by atoms with van der Waals surface area (Å²) >= 11 is 0. The van der Waals surface area contributed by atoms with Gasteiger partial charge < -0.3 is 23.7 Å². The predicted molar refractivity (Wildman–Crippen MR) is 88.7 cm³/mol. The van der Waals surface area contributed by atoms with Gasteiger partial charge in [0.05, 0.1) is 0 Å². The van der Waals surface area contributed by atoms with E-state index < -0.39 is 17.7 Å². The van der Waals surface area contributed by atoms with Crippen LogP contribution in [-0.2, 0) is 24.7 Å². The van der Waals surface area contributed by atoms with Gasteiger partial charge in [-0.3, -0.25) is 0 Å². The van der Waals surface area contributed by atoms with E-state index >= 15 is 0 Å². The van der Waals surface area contributed by atoms with Crippen LogP contribution in [0.5, 0.6) is 5.75 Å². The van der Waals surface area contributed by atoms with Crippen LogP contribution in [0, 0.1) is 0 Å². The molecule has 0 saturated carbocycles. The third-order valence-corrected chi connectivity index (χ3v) is 4.54. The monoisotopic (exact) mass is 330 g/mol. The van der Waals surface area contributed by atoms with E-state index in [2.05, 4.69) is 0 Å². The summed E-state index contributed by atoms with van der Waals surface area (Å²) in [6, 6.07) is 17.2. The minimum absolute atomic E-state index is 0.544. The average Bonchev–Trinajstić information content (AvgIpc) is 2.66. The molecule has 128 valence electrons. The molecule has 0 aliphatic carbocycles. The second-order valence-corrected chi connectivity index (χ2v) is 5.52. The lowest BCUT2D eigenvalue weighted by Gasteiger charge is -2.52. The molecule has 3 rings (SSSR count). The first-order valence-electron chi connectivity index (χ1n) is 7.70. The van der Waals surface area contributed by atoms with Crippen molar-refractivity contribution in [3.05, 3.63) is 65.7 Å². The molecule has 5 nitrogen and oxygen atoms in total. The highest BCUT2D eigenvalue weighted by molar-refractivity contribution is 5.42. The Morgan fingerprint density at radius 1 is 0.792 bits per heavy atom. The van der Waals surface area contributed by atoms with Gasteiger partial charge in [0.15, 0.2) is 0 Å². The van der Waals surface area contributed by atoms with Crippen molar-refractivity contribution < 1.29 is 23.7 Å². The smallest absolute Gasteiger partial charge is 0.295 e. The second-order valence-electron chi connectivity index (χ2n) is 5.52. The molecule has 2 atom stereocenters. The van der Waals surface area contributed by atoms with Crippen LogP contribution in [-0.4, -0.2) is 34.2 Å². The molecule has 24 heavy (non-hydrogen) atoms. The molecule has 1 heterocycles. The van der Waals surface area contributed by atoms with Crippen molar-refractivity contribution in [2.45, 2.75) is 17.7 Å².